The highest BCUT2D eigenvalue weighted by Crippen LogP contribution is 2.44. The maximum atomic E-state index is 12.7. The lowest BCUT2D eigenvalue weighted by Gasteiger charge is -2.43. The number of rotatable bonds is 3. The Morgan fingerprint density at radius 3 is 2.52 bits per heavy atom. The van der Waals surface area contributed by atoms with Gasteiger partial charge in [0.05, 0.1) is 12.5 Å². The summed E-state index contributed by atoms with van der Waals surface area (Å²) >= 11 is 0. The first-order valence-electron chi connectivity index (χ1n) is 8.29. The Hall–Kier alpha value is -1.88. The van der Waals surface area contributed by atoms with E-state index in [0.29, 0.717) is 13.1 Å². The van der Waals surface area contributed by atoms with Crippen molar-refractivity contribution in [3.8, 4) is 0 Å². The molecule has 3 rings (SSSR count). The molecular formula is C18H24N2O3. The van der Waals surface area contributed by atoms with E-state index >= 15 is 0 Å². The van der Waals surface area contributed by atoms with Crippen LogP contribution in [0.4, 0.5) is 0 Å². The van der Waals surface area contributed by atoms with E-state index in [9.17, 15) is 9.59 Å². The van der Waals surface area contributed by atoms with Gasteiger partial charge in [-0.2, -0.15) is 0 Å². The highest BCUT2D eigenvalue weighted by atomic mass is 16.3. The SMILES string of the molecule is CN1C(=O)C(c2ccccc2)CC12CCN(C(=O)CCO)CC2. The molecule has 2 aliphatic heterocycles. The van der Waals surface area contributed by atoms with Crippen LogP contribution in [0.15, 0.2) is 30.3 Å². The molecule has 2 heterocycles. The summed E-state index contributed by atoms with van der Waals surface area (Å²) in [6.45, 7) is 1.23. The smallest absolute Gasteiger partial charge is 0.230 e. The van der Waals surface area contributed by atoms with Crippen LogP contribution >= 0.6 is 0 Å². The molecule has 0 saturated carbocycles. The minimum absolute atomic E-state index is 0.00827. The average Bonchev–Trinajstić information content (AvgIpc) is 2.82. The second kappa shape index (κ2) is 6.32. The maximum absolute atomic E-state index is 12.7. The predicted molar refractivity (Wildman–Crippen MR) is 86.8 cm³/mol. The minimum atomic E-state index is -0.131. The van der Waals surface area contributed by atoms with Gasteiger partial charge in [-0.3, -0.25) is 9.59 Å². The maximum Gasteiger partial charge on any atom is 0.230 e. The van der Waals surface area contributed by atoms with E-state index < -0.39 is 0 Å². The number of likely N-dealkylation sites (N-methyl/N-ethyl adjacent to an activating group) is 1. The Bertz CT molecular complexity index is 579. The second-order valence-corrected chi connectivity index (χ2v) is 6.64. The Balaban J connectivity index is 1.72. The van der Waals surface area contributed by atoms with Crippen LogP contribution < -0.4 is 0 Å². The van der Waals surface area contributed by atoms with Gasteiger partial charge < -0.3 is 14.9 Å². The van der Waals surface area contributed by atoms with Gasteiger partial charge in [0.25, 0.3) is 0 Å². The molecule has 0 bridgehead atoms. The number of aliphatic hydroxyl groups is 1. The van der Waals surface area contributed by atoms with Gasteiger partial charge >= 0.3 is 0 Å². The van der Waals surface area contributed by atoms with Gasteiger partial charge in [-0.1, -0.05) is 30.3 Å². The Morgan fingerprint density at radius 2 is 1.91 bits per heavy atom. The van der Waals surface area contributed by atoms with Gasteiger partial charge in [0.15, 0.2) is 0 Å². The van der Waals surface area contributed by atoms with Crippen LogP contribution in [0, 0.1) is 0 Å². The van der Waals surface area contributed by atoms with Crippen LogP contribution in [0.3, 0.4) is 0 Å². The number of likely N-dealkylation sites (tertiary alicyclic amines) is 2. The van der Waals surface area contributed by atoms with E-state index in [-0.39, 0.29) is 36.3 Å². The van der Waals surface area contributed by atoms with Crippen LogP contribution in [0.2, 0.25) is 0 Å². The summed E-state index contributed by atoms with van der Waals surface area (Å²) in [5, 5.41) is 8.91. The lowest BCUT2D eigenvalue weighted by molar-refractivity contribution is -0.136. The first-order valence-corrected chi connectivity index (χ1v) is 8.29. The molecule has 0 aromatic heterocycles. The summed E-state index contributed by atoms with van der Waals surface area (Å²) in [5.74, 6) is 0.126. The highest BCUT2D eigenvalue weighted by molar-refractivity contribution is 5.87. The molecular weight excluding hydrogens is 292 g/mol. The number of amides is 2. The van der Waals surface area contributed by atoms with E-state index in [1.54, 1.807) is 0 Å². The standard InChI is InChI=1S/C18H24N2O3/c1-19-17(23)15(14-5-3-2-4-6-14)13-18(19)8-10-20(11-9-18)16(22)7-12-21/h2-6,15,21H,7-13H2,1H3. The second-order valence-electron chi connectivity index (χ2n) is 6.64. The topological polar surface area (TPSA) is 60.9 Å². The van der Waals surface area contributed by atoms with Crippen molar-refractivity contribution in [3.63, 3.8) is 0 Å². The monoisotopic (exact) mass is 316 g/mol. The molecule has 1 aromatic rings. The molecule has 2 saturated heterocycles. The van der Waals surface area contributed by atoms with Crippen molar-refractivity contribution in [2.24, 2.45) is 0 Å². The van der Waals surface area contributed by atoms with Gasteiger partial charge in [0, 0.05) is 32.1 Å². The molecule has 0 aliphatic carbocycles. The quantitative estimate of drug-likeness (QED) is 0.916. The summed E-state index contributed by atoms with van der Waals surface area (Å²) in [6, 6.07) is 9.96. The summed E-state index contributed by atoms with van der Waals surface area (Å²) in [6.07, 6.45) is 2.65. The zero-order valence-electron chi connectivity index (χ0n) is 13.6. The molecule has 124 valence electrons. The number of hydrogen-bond donors (Lipinski definition) is 1. The average molecular weight is 316 g/mol. The van der Waals surface area contributed by atoms with Crippen molar-refractivity contribution in [2.75, 3.05) is 26.7 Å². The van der Waals surface area contributed by atoms with Crippen LogP contribution in [-0.4, -0.2) is 59.0 Å². The van der Waals surface area contributed by atoms with Crippen molar-refractivity contribution >= 4 is 11.8 Å². The van der Waals surface area contributed by atoms with E-state index in [1.165, 1.54) is 0 Å². The van der Waals surface area contributed by atoms with E-state index in [0.717, 1.165) is 24.8 Å². The summed E-state index contributed by atoms with van der Waals surface area (Å²) in [5.41, 5.74) is 0.952. The highest BCUT2D eigenvalue weighted by Gasteiger charge is 2.50. The van der Waals surface area contributed by atoms with Gasteiger partial charge in [0.1, 0.15) is 0 Å². The number of nitrogens with zero attached hydrogens (tertiary/aromatic N) is 2. The van der Waals surface area contributed by atoms with Crippen molar-refractivity contribution in [3.05, 3.63) is 35.9 Å². The van der Waals surface area contributed by atoms with Crippen LogP contribution in [-0.2, 0) is 9.59 Å². The number of benzene rings is 1. The molecule has 5 heteroatoms. The molecule has 2 amide bonds. The number of piperidine rings is 1. The molecule has 1 aromatic carbocycles. The fourth-order valence-electron chi connectivity index (χ4n) is 3.98. The van der Waals surface area contributed by atoms with Gasteiger partial charge in [-0.25, -0.2) is 0 Å². The van der Waals surface area contributed by atoms with Crippen molar-refractivity contribution in [2.45, 2.75) is 37.1 Å². The first-order chi connectivity index (χ1) is 11.1. The van der Waals surface area contributed by atoms with Gasteiger partial charge in [0.2, 0.25) is 11.8 Å². The summed E-state index contributed by atoms with van der Waals surface area (Å²) < 4.78 is 0. The molecule has 1 atom stereocenters. The fraction of sp³-hybridized carbons (Fsp3) is 0.556. The largest absolute Gasteiger partial charge is 0.396 e. The lowest BCUT2D eigenvalue weighted by Crippen LogP contribution is -2.52. The van der Waals surface area contributed by atoms with Gasteiger partial charge in [-0.15, -0.1) is 0 Å². The Labute approximate surface area is 136 Å². The normalized spacial score (nSPS) is 23.6. The number of carbonyl (C=O) groups excluding carboxylic acids is 2. The summed E-state index contributed by atoms with van der Waals surface area (Å²) in [7, 11) is 1.90. The molecule has 2 fully saturated rings. The molecule has 5 nitrogen and oxygen atoms in total. The van der Waals surface area contributed by atoms with Crippen LogP contribution in [0.5, 0.6) is 0 Å². The lowest BCUT2D eigenvalue weighted by atomic mass is 9.81. The molecule has 1 spiro atoms. The fourth-order valence-corrected chi connectivity index (χ4v) is 3.98. The van der Waals surface area contributed by atoms with Crippen LogP contribution in [0.1, 0.15) is 37.2 Å². The Morgan fingerprint density at radius 1 is 1.26 bits per heavy atom. The van der Waals surface area contributed by atoms with Crippen LogP contribution in [0.25, 0.3) is 0 Å². The van der Waals surface area contributed by atoms with Crippen molar-refractivity contribution in [1.29, 1.82) is 0 Å². The molecule has 23 heavy (non-hydrogen) atoms. The third-order valence-corrected chi connectivity index (χ3v) is 5.50. The van der Waals surface area contributed by atoms with E-state index in [2.05, 4.69) is 0 Å². The predicted octanol–water partition coefficient (Wildman–Crippen LogP) is 1.38. The van der Waals surface area contributed by atoms with Crippen molar-refractivity contribution < 1.29 is 14.7 Å². The Kier molecular flexibility index (Phi) is 4.39. The van der Waals surface area contributed by atoms with Crippen molar-refractivity contribution in [1.82, 2.24) is 9.80 Å². The molecule has 1 N–H and O–H groups in total. The molecule has 2 aliphatic rings. The number of aliphatic hydroxyl groups excluding tert-OH is 1. The number of carbonyl (C=O) groups is 2. The third-order valence-electron chi connectivity index (χ3n) is 5.50. The van der Waals surface area contributed by atoms with E-state index in [1.807, 2.05) is 47.2 Å². The minimum Gasteiger partial charge on any atom is -0.396 e. The van der Waals surface area contributed by atoms with E-state index in [4.69, 9.17) is 5.11 Å². The zero-order valence-corrected chi connectivity index (χ0v) is 13.6. The molecule has 0 radical (unpaired) electrons. The molecule has 1 unspecified atom stereocenters. The van der Waals surface area contributed by atoms with Gasteiger partial charge in [-0.05, 0) is 24.8 Å². The first kappa shape index (κ1) is 16.0. The number of hydrogen-bond acceptors (Lipinski definition) is 3. The third kappa shape index (κ3) is 2.85. The zero-order chi connectivity index (χ0) is 16.4. The summed E-state index contributed by atoms with van der Waals surface area (Å²) in [4.78, 5) is 28.4.